The molecule has 0 radical (unpaired) electrons. The molecule has 1 amide bonds. The first-order chi connectivity index (χ1) is 12.9. The number of aromatic nitrogens is 2. The Morgan fingerprint density at radius 1 is 1.04 bits per heavy atom. The lowest BCUT2D eigenvalue weighted by molar-refractivity contribution is 0.102. The van der Waals surface area contributed by atoms with Crippen molar-refractivity contribution in [1.29, 1.82) is 0 Å². The highest BCUT2D eigenvalue weighted by Crippen LogP contribution is 2.15. The Balaban J connectivity index is 1.64. The van der Waals surface area contributed by atoms with Gasteiger partial charge in [-0.1, -0.05) is 12.1 Å². The van der Waals surface area contributed by atoms with Crippen molar-refractivity contribution in [1.82, 2.24) is 9.97 Å². The van der Waals surface area contributed by atoms with Gasteiger partial charge in [-0.2, -0.15) is 0 Å². The smallest absolute Gasteiger partial charge is 0.258 e. The van der Waals surface area contributed by atoms with Crippen LogP contribution in [0.5, 0.6) is 0 Å². The Bertz CT molecular complexity index is 942. The zero-order valence-corrected chi connectivity index (χ0v) is 14.5. The van der Waals surface area contributed by atoms with Gasteiger partial charge in [0.15, 0.2) is 11.6 Å². The molecule has 5 nitrogen and oxygen atoms in total. The third kappa shape index (κ3) is 4.71. The van der Waals surface area contributed by atoms with Crippen molar-refractivity contribution in [3.63, 3.8) is 0 Å². The molecule has 27 heavy (non-hydrogen) atoms. The fourth-order valence-electron chi connectivity index (χ4n) is 2.46. The number of nitrogens with zero attached hydrogens (tertiary/aromatic N) is 2. The van der Waals surface area contributed by atoms with E-state index in [1.54, 1.807) is 37.4 Å². The van der Waals surface area contributed by atoms with Crippen molar-refractivity contribution >= 4 is 11.7 Å². The molecule has 0 saturated heterocycles. The van der Waals surface area contributed by atoms with Gasteiger partial charge in [-0.25, -0.2) is 13.8 Å². The number of aliphatic hydroxyl groups is 1. The second-order valence-corrected chi connectivity index (χ2v) is 6.08. The second-order valence-electron chi connectivity index (χ2n) is 6.08. The van der Waals surface area contributed by atoms with Crippen LogP contribution >= 0.6 is 0 Å². The molecule has 1 atom stereocenters. The lowest BCUT2D eigenvalue weighted by Gasteiger charge is -2.07. The molecule has 0 aliphatic heterocycles. The molecule has 2 aromatic heterocycles. The van der Waals surface area contributed by atoms with Crippen LogP contribution in [-0.4, -0.2) is 21.0 Å². The number of anilines is 1. The summed E-state index contributed by atoms with van der Waals surface area (Å²) in [7, 11) is 0. The maximum Gasteiger partial charge on any atom is 0.258 e. The maximum atomic E-state index is 13.3. The Morgan fingerprint density at radius 3 is 2.41 bits per heavy atom. The fourth-order valence-corrected chi connectivity index (χ4v) is 2.46. The van der Waals surface area contributed by atoms with Gasteiger partial charge in [0.1, 0.15) is 5.82 Å². The van der Waals surface area contributed by atoms with E-state index < -0.39 is 17.7 Å². The van der Waals surface area contributed by atoms with Gasteiger partial charge in [-0.3, -0.25) is 9.78 Å². The number of aliphatic hydroxyl groups excluding tert-OH is 1. The van der Waals surface area contributed by atoms with Crippen molar-refractivity contribution in [2.24, 2.45) is 0 Å². The van der Waals surface area contributed by atoms with Crippen LogP contribution in [0, 0.1) is 11.6 Å². The minimum absolute atomic E-state index is 0.340. The van der Waals surface area contributed by atoms with Gasteiger partial charge in [-0.15, -0.1) is 0 Å². The van der Waals surface area contributed by atoms with Crippen LogP contribution in [0.3, 0.4) is 0 Å². The molecule has 0 saturated carbocycles. The summed E-state index contributed by atoms with van der Waals surface area (Å²) in [5, 5.41) is 12.1. The van der Waals surface area contributed by atoms with Crippen molar-refractivity contribution in [3.05, 3.63) is 88.9 Å². The van der Waals surface area contributed by atoms with E-state index in [-0.39, 0.29) is 5.91 Å². The Labute approximate surface area is 154 Å². The summed E-state index contributed by atoms with van der Waals surface area (Å²) >= 11 is 0. The Morgan fingerprint density at radius 2 is 1.81 bits per heavy atom. The largest absolute Gasteiger partial charge is 0.387 e. The molecule has 2 N–H and O–H groups in total. The third-order valence-electron chi connectivity index (χ3n) is 3.94. The summed E-state index contributed by atoms with van der Waals surface area (Å²) in [6, 6.07) is 10.3. The Hall–Kier alpha value is -3.19. The summed E-state index contributed by atoms with van der Waals surface area (Å²) in [5.74, 6) is -1.79. The maximum absolute atomic E-state index is 13.3. The summed E-state index contributed by atoms with van der Waals surface area (Å²) in [5.41, 5.74) is 2.23. The molecular weight excluding hydrogens is 352 g/mol. The van der Waals surface area contributed by atoms with Gasteiger partial charge in [0.2, 0.25) is 0 Å². The normalized spacial score (nSPS) is 11.9. The third-order valence-corrected chi connectivity index (χ3v) is 3.94. The van der Waals surface area contributed by atoms with E-state index in [1.807, 2.05) is 0 Å². The van der Waals surface area contributed by atoms with E-state index in [4.69, 9.17) is 0 Å². The number of nitrogens with one attached hydrogen (secondary N) is 1. The first-order valence-corrected chi connectivity index (χ1v) is 8.26. The van der Waals surface area contributed by atoms with E-state index in [9.17, 15) is 18.7 Å². The van der Waals surface area contributed by atoms with E-state index >= 15 is 0 Å². The van der Waals surface area contributed by atoms with Crippen LogP contribution in [0.15, 0.2) is 54.9 Å². The summed E-state index contributed by atoms with van der Waals surface area (Å²) in [6.45, 7) is 1.59. The van der Waals surface area contributed by atoms with E-state index in [2.05, 4.69) is 15.3 Å². The summed E-state index contributed by atoms with van der Waals surface area (Å²) in [4.78, 5) is 20.4. The number of pyridine rings is 2. The second kappa shape index (κ2) is 8.01. The lowest BCUT2D eigenvalue weighted by Crippen LogP contribution is -2.13. The van der Waals surface area contributed by atoms with E-state index in [1.165, 1.54) is 12.3 Å². The predicted octanol–water partition coefficient (Wildman–Crippen LogP) is 3.65. The van der Waals surface area contributed by atoms with Gasteiger partial charge in [0.25, 0.3) is 5.91 Å². The summed E-state index contributed by atoms with van der Waals surface area (Å²) < 4.78 is 26.2. The van der Waals surface area contributed by atoms with E-state index in [0.29, 0.717) is 29.1 Å². The first kappa shape index (κ1) is 18.6. The molecule has 0 aliphatic rings. The molecule has 138 valence electrons. The van der Waals surface area contributed by atoms with Gasteiger partial charge in [0, 0.05) is 12.4 Å². The molecule has 2 heterocycles. The Kier molecular flexibility index (Phi) is 5.52. The zero-order chi connectivity index (χ0) is 19.4. The quantitative estimate of drug-likeness (QED) is 0.720. The van der Waals surface area contributed by atoms with Crippen LogP contribution in [0.2, 0.25) is 0 Å². The molecule has 7 heteroatoms. The lowest BCUT2D eigenvalue weighted by atomic mass is 10.1. The van der Waals surface area contributed by atoms with Crippen molar-refractivity contribution in [3.8, 4) is 0 Å². The number of carbonyl (C=O) groups excluding carboxylic acids is 1. The summed E-state index contributed by atoms with van der Waals surface area (Å²) in [6.07, 6.45) is 2.63. The van der Waals surface area contributed by atoms with Crippen molar-refractivity contribution in [2.45, 2.75) is 19.4 Å². The SMILES string of the molecule is CC(O)c1ccc(C(=O)Nc2ccc(Cc3ccc(F)c(F)c3)cn2)cn1. The number of amides is 1. The predicted molar refractivity (Wildman–Crippen MR) is 96.2 cm³/mol. The number of benzene rings is 1. The number of hydrogen-bond acceptors (Lipinski definition) is 4. The average molecular weight is 369 g/mol. The van der Waals surface area contributed by atoms with Gasteiger partial charge in [-0.05, 0) is 54.8 Å². The standard InChI is InChI=1S/C20H17F2N3O2/c1-12(26)18-6-4-15(11-23-18)20(27)25-19-7-3-14(10-24-19)8-13-2-5-16(21)17(22)9-13/h2-7,9-12,26H,8H2,1H3,(H,24,25,27). The van der Waals surface area contributed by atoms with Gasteiger partial charge in [0.05, 0.1) is 17.4 Å². The van der Waals surface area contributed by atoms with Crippen LogP contribution in [-0.2, 0) is 6.42 Å². The number of halogens is 2. The average Bonchev–Trinajstić information content (AvgIpc) is 2.66. The topological polar surface area (TPSA) is 75.1 Å². The highest BCUT2D eigenvalue weighted by molar-refractivity contribution is 6.03. The van der Waals surface area contributed by atoms with E-state index in [0.717, 1.165) is 17.7 Å². The van der Waals surface area contributed by atoms with Crippen LogP contribution in [0.25, 0.3) is 0 Å². The minimum atomic E-state index is -0.889. The molecule has 3 aromatic rings. The molecule has 0 spiro atoms. The molecule has 0 fully saturated rings. The minimum Gasteiger partial charge on any atom is -0.387 e. The monoisotopic (exact) mass is 369 g/mol. The molecule has 1 aromatic carbocycles. The van der Waals surface area contributed by atoms with Gasteiger partial charge < -0.3 is 10.4 Å². The van der Waals surface area contributed by atoms with Crippen LogP contribution < -0.4 is 5.32 Å². The molecule has 1 unspecified atom stereocenters. The number of carbonyl (C=O) groups is 1. The molecule has 0 aliphatic carbocycles. The fraction of sp³-hybridized carbons (Fsp3) is 0.150. The molecule has 0 bridgehead atoms. The highest BCUT2D eigenvalue weighted by Gasteiger charge is 2.10. The zero-order valence-electron chi connectivity index (χ0n) is 14.5. The van der Waals surface area contributed by atoms with Crippen LogP contribution in [0.1, 0.15) is 40.2 Å². The van der Waals surface area contributed by atoms with Gasteiger partial charge >= 0.3 is 0 Å². The highest BCUT2D eigenvalue weighted by atomic mass is 19.2. The number of hydrogen-bond donors (Lipinski definition) is 2. The number of rotatable bonds is 5. The van der Waals surface area contributed by atoms with Crippen molar-refractivity contribution < 1.29 is 18.7 Å². The van der Waals surface area contributed by atoms with Crippen molar-refractivity contribution in [2.75, 3.05) is 5.32 Å². The molecule has 3 rings (SSSR count). The first-order valence-electron chi connectivity index (χ1n) is 8.26. The van der Waals surface area contributed by atoms with Crippen LogP contribution in [0.4, 0.5) is 14.6 Å². The molecular formula is C20H17F2N3O2.